The Balaban J connectivity index is 1.44. The third kappa shape index (κ3) is 4.74. The van der Waals surface area contributed by atoms with E-state index in [2.05, 4.69) is 177 Å². The van der Waals surface area contributed by atoms with E-state index in [4.69, 9.17) is 0 Å². The molecule has 1 aliphatic heterocycles. The molecular formula is C43H34BN. The first-order chi connectivity index (χ1) is 22.0. The number of rotatable bonds is 4. The van der Waals surface area contributed by atoms with E-state index < -0.39 is 0 Å². The van der Waals surface area contributed by atoms with Gasteiger partial charge in [-0.05, 0) is 95.1 Å². The van der Waals surface area contributed by atoms with Crippen molar-refractivity contribution in [2.75, 3.05) is 4.90 Å². The lowest BCUT2D eigenvalue weighted by Gasteiger charge is -2.38. The van der Waals surface area contributed by atoms with Crippen LogP contribution in [0.15, 0.2) is 152 Å². The van der Waals surface area contributed by atoms with Crippen LogP contribution in [0.3, 0.4) is 0 Å². The van der Waals surface area contributed by atoms with E-state index in [1.807, 2.05) is 0 Å². The monoisotopic (exact) mass is 575 g/mol. The molecule has 0 aliphatic carbocycles. The number of benzene rings is 7. The molecule has 0 spiro atoms. The second-order valence-electron chi connectivity index (χ2n) is 12.4. The minimum Gasteiger partial charge on any atom is -0.311 e. The van der Waals surface area contributed by atoms with Gasteiger partial charge in [0.05, 0.1) is 0 Å². The summed E-state index contributed by atoms with van der Waals surface area (Å²) in [5.74, 6) is 0. The van der Waals surface area contributed by atoms with Crippen molar-refractivity contribution >= 4 is 50.9 Å². The maximum atomic E-state index is 2.51. The second-order valence-corrected chi connectivity index (χ2v) is 12.4. The highest BCUT2D eigenvalue weighted by Crippen LogP contribution is 2.41. The van der Waals surface area contributed by atoms with Crippen molar-refractivity contribution in [3.63, 3.8) is 0 Å². The molecule has 0 unspecified atom stereocenters. The van der Waals surface area contributed by atoms with Gasteiger partial charge in [-0.15, -0.1) is 0 Å². The summed E-state index contributed by atoms with van der Waals surface area (Å²) in [5.41, 5.74) is 16.6. The predicted octanol–water partition coefficient (Wildman–Crippen LogP) is 9.40. The van der Waals surface area contributed by atoms with Crippen molar-refractivity contribution in [3.8, 4) is 22.3 Å². The van der Waals surface area contributed by atoms with Crippen LogP contribution in [-0.2, 0) is 0 Å². The van der Waals surface area contributed by atoms with Gasteiger partial charge in [-0.3, -0.25) is 0 Å². The number of aryl methyl sites for hydroxylation is 3. The van der Waals surface area contributed by atoms with Crippen LogP contribution in [0.4, 0.5) is 17.1 Å². The molecule has 0 amide bonds. The van der Waals surface area contributed by atoms with Gasteiger partial charge in [-0.25, -0.2) is 0 Å². The van der Waals surface area contributed by atoms with Crippen LogP contribution < -0.4 is 21.3 Å². The van der Waals surface area contributed by atoms with E-state index >= 15 is 0 Å². The number of anilines is 3. The van der Waals surface area contributed by atoms with Crippen molar-refractivity contribution in [3.05, 3.63) is 168 Å². The molecule has 0 radical (unpaired) electrons. The number of hydrogen-bond acceptors (Lipinski definition) is 1. The molecule has 1 aliphatic rings. The summed E-state index contributed by atoms with van der Waals surface area (Å²) in [6.45, 7) is 6.89. The van der Waals surface area contributed by atoms with Crippen molar-refractivity contribution < 1.29 is 0 Å². The number of hydrogen-bond donors (Lipinski definition) is 0. The molecule has 0 aromatic heterocycles. The first-order valence-electron chi connectivity index (χ1n) is 15.8. The summed E-state index contributed by atoms with van der Waals surface area (Å²) in [4.78, 5) is 2.51. The zero-order valence-corrected chi connectivity index (χ0v) is 26.0. The fraction of sp³-hybridized carbons (Fsp3) is 0.0698. The summed E-state index contributed by atoms with van der Waals surface area (Å²) < 4.78 is 0. The highest BCUT2D eigenvalue weighted by atomic mass is 15.1. The first kappa shape index (κ1) is 27.2. The maximum Gasteiger partial charge on any atom is 0.247 e. The van der Waals surface area contributed by atoms with E-state index in [-0.39, 0.29) is 6.71 Å². The molecular weight excluding hydrogens is 541 g/mol. The zero-order valence-electron chi connectivity index (χ0n) is 26.0. The lowest BCUT2D eigenvalue weighted by Crippen LogP contribution is -2.58. The van der Waals surface area contributed by atoms with Gasteiger partial charge in [0.2, 0.25) is 6.71 Å². The standard InChI is InChI=1S/C43H34BN/c1-29-22-30(2)43(31(3)23-29)44-39-20-12-13-21-41(39)45(42-28-35-19-11-10-18-34(35)27-40(42)44)38-25-36(32-14-6-4-7-15-32)24-37(26-38)33-16-8-5-9-17-33/h4-28H,1-3H3. The summed E-state index contributed by atoms with van der Waals surface area (Å²) >= 11 is 0. The smallest absolute Gasteiger partial charge is 0.247 e. The Morgan fingerprint density at radius 3 is 1.58 bits per heavy atom. The van der Waals surface area contributed by atoms with Gasteiger partial charge in [0.15, 0.2) is 0 Å². The van der Waals surface area contributed by atoms with Gasteiger partial charge in [-0.2, -0.15) is 0 Å². The normalized spacial score (nSPS) is 12.2. The van der Waals surface area contributed by atoms with Crippen LogP contribution in [0.5, 0.6) is 0 Å². The molecule has 0 atom stereocenters. The van der Waals surface area contributed by atoms with Gasteiger partial charge in [-0.1, -0.05) is 143 Å². The predicted molar refractivity (Wildman–Crippen MR) is 195 cm³/mol. The first-order valence-corrected chi connectivity index (χ1v) is 15.8. The largest absolute Gasteiger partial charge is 0.311 e. The fourth-order valence-corrected chi connectivity index (χ4v) is 7.47. The molecule has 0 fully saturated rings. The average molecular weight is 576 g/mol. The highest BCUT2D eigenvalue weighted by molar-refractivity contribution is 6.98. The van der Waals surface area contributed by atoms with Crippen LogP contribution in [0.25, 0.3) is 33.0 Å². The molecule has 45 heavy (non-hydrogen) atoms. The zero-order chi connectivity index (χ0) is 30.5. The van der Waals surface area contributed by atoms with Crippen molar-refractivity contribution in [1.29, 1.82) is 0 Å². The Kier molecular flexibility index (Phi) is 6.65. The second kappa shape index (κ2) is 11.0. The molecule has 1 nitrogen and oxygen atoms in total. The van der Waals surface area contributed by atoms with E-state index in [9.17, 15) is 0 Å². The Hall–Kier alpha value is -5.34. The SMILES string of the molecule is Cc1cc(C)c(B2c3ccccc3N(c3cc(-c4ccccc4)cc(-c4ccccc4)c3)c3cc4ccccc4cc32)c(C)c1. The third-order valence-electron chi connectivity index (χ3n) is 9.35. The Morgan fingerprint density at radius 2 is 0.956 bits per heavy atom. The van der Waals surface area contributed by atoms with Crippen LogP contribution in [-0.4, -0.2) is 6.71 Å². The fourth-order valence-electron chi connectivity index (χ4n) is 7.47. The molecule has 7 aromatic rings. The highest BCUT2D eigenvalue weighted by Gasteiger charge is 2.37. The minimum absolute atomic E-state index is 0.128. The van der Waals surface area contributed by atoms with E-state index in [0.29, 0.717) is 0 Å². The van der Waals surface area contributed by atoms with Crippen LogP contribution in [0.2, 0.25) is 0 Å². The van der Waals surface area contributed by atoms with Gasteiger partial charge in [0, 0.05) is 17.1 Å². The summed E-state index contributed by atoms with van der Waals surface area (Å²) in [6.07, 6.45) is 0. The van der Waals surface area contributed by atoms with Gasteiger partial charge < -0.3 is 4.90 Å². The molecule has 7 aromatic carbocycles. The summed E-state index contributed by atoms with van der Waals surface area (Å²) in [5, 5.41) is 2.52. The lowest BCUT2D eigenvalue weighted by molar-refractivity contribution is 1.29. The number of fused-ring (bicyclic) bond motifs is 3. The Morgan fingerprint density at radius 1 is 0.422 bits per heavy atom. The van der Waals surface area contributed by atoms with Crippen LogP contribution in [0, 0.1) is 20.8 Å². The molecule has 1 heterocycles. The van der Waals surface area contributed by atoms with Gasteiger partial charge >= 0.3 is 0 Å². The minimum atomic E-state index is 0.128. The number of para-hydroxylation sites is 1. The van der Waals surface area contributed by atoms with Crippen LogP contribution >= 0.6 is 0 Å². The quantitative estimate of drug-likeness (QED) is 0.189. The van der Waals surface area contributed by atoms with E-state index in [1.165, 1.54) is 77.5 Å². The van der Waals surface area contributed by atoms with E-state index in [0.717, 1.165) is 5.69 Å². The number of nitrogens with zero attached hydrogens (tertiary/aromatic N) is 1. The van der Waals surface area contributed by atoms with E-state index in [1.54, 1.807) is 0 Å². The third-order valence-corrected chi connectivity index (χ3v) is 9.35. The topological polar surface area (TPSA) is 3.24 Å². The lowest BCUT2D eigenvalue weighted by atomic mass is 9.33. The Labute approximate surface area is 266 Å². The molecule has 0 saturated carbocycles. The molecule has 8 rings (SSSR count). The average Bonchev–Trinajstić information content (AvgIpc) is 3.07. The van der Waals surface area contributed by atoms with Gasteiger partial charge in [0.25, 0.3) is 0 Å². The molecule has 0 bridgehead atoms. The maximum absolute atomic E-state index is 2.51. The molecule has 0 saturated heterocycles. The molecule has 2 heteroatoms. The van der Waals surface area contributed by atoms with Crippen molar-refractivity contribution in [1.82, 2.24) is 0 Å². The summed E-state index contributed by atoms with van der Waals surface area (Å²) in [6, 6.07) is 55.9. The van der Waals surface area contributed by atoms with Crippen LogP contribution in [0.1, 0.15) is 16.7 Å². The van der Waals surface area contributed by atoms with Gasteiger partial charge in [0.1, 0.15) is 0 Å². The Bertz CT molecular complexity index is 2120. The summed E-state index contributed by atoms with van der Waals surface area (Å²) in [7, 11) is 0. The van der Waals surface area contributed by atoms with Crippen molar-refractivity contribution in [2.45, 2.75) is 20.8 Å². The van der Waals surface area contributed by atoms with Crippen molar-refractivity contribution in [2.24, 2.45) is 0 Å². The molecule has 0 N–H and O–H groups in total. The molecule has 214 valence electrons.